The van der Waals surface area contributed by atoms with E-state index in [1.165, 1.54) is 0 Å². The molecule has 1 fully saturated rings. The molecule has 0 aromatic rings. The number of hydrazine groups is 1. The monoisotopic (exact) mass is 231 g/mol. The van der Waals surface area contributed by atoms with Gasteiger partial charge >= 0.3 is 0 Å². The fraction of sp³-hybridized carbons (Fsp3) is 1.00. The van der Waals surface area contributed by atoms with Gasteiger partial charge in [0.1, 0.15) is 6.61 Å². The lowest BCUT2D eigenvalue weighted by Gasteiger charge is -2.26. The summed E-state index contributed by atoms with van der Waals surface area (Å²) in [7, 11) is 0. The molecule has 1 N–H and O–H groups in total. The summed E-state index contributed by atoms with van der Waals surface area (Å²) in [6, 6.07) is 0. The van der Waals surface area contributed by atoms with Crippen LogP contribution in [-0.4, -0.2) is 41.4 Å². The van der Waals surface area contributed by atoms with Crippen molar-refractivity contribution in [3.8, 4) is 0 Å². The van der Waals surface area contributed by atoms with Gasteiger partial charge < -0.3 is 15.2 Å². The third kappa shape index (κ3) is 4.22. The Morgan fingerprint density at radius 2 is 2.19 bits per heavy atom. The van der Waals surface area contributed by atoms with E-state index in [2.05, 4.69) is 12.2 Å². The molecule has 0 radical (unpaired) electrons. The van der Waals surface area contributed by atoms with Crippen LogP contribution in [0.2, 0.25) is 0 Å². The van der Waals surface area contributed by atoms with E-state index in [9.17, 15) is 5.21 Å². The summed E-state index contributed by atoms with van der Waals surface area (Å²) in [6.45, 7) is 4.02. The molecule has 0 bridgehead atoms. The number of aliphatic hydroxyl groups is 1. The average molecular weight is 231 g/mol. The zero-order chi connectivity index (χ0) is 11.8. The average Bonchev–Trinajstić information content (AvgIpc) is 2.34. The minimum Gasteiger partial charge on any atom is -0.569 e. The molecule has 0 aromatic heterocycles. The first-order valence-corrected chi connectivity index (χ1v) is 5.93. The van der Waals surface area contributed by atoms with Crippen LogP contribution in [0.4, 0.5) is 0 Å². The second-order valence-corrected chi connectivity index (χ2v) is 4.10. The summed E-state index contributed by atoms with van der Waals surface area (Å²) in [4.78, 5) is 5.42. The number of hydrogen-bond donors (Lipinski definition) is 1. The highest BCUT2D eigenvalue weighted by molar-refractivity contribution is 4.66. The van der Waals surface area contributed by atoms with Crippen LogP contribution in [-0.2, 0) is 4.84 Å². The number of piperidine rings is 1. The molecule has 6 heteroatoms. The lowest BCUT2D eigenvalue weighted by molar-refractivity contribution is -0.713. The summed E-state index contributed by atoms with van der Waals surface area (Å²) >= 11 is 0. The first-order chi connectivity index (χ1) is 7.77. The maximum Gasteiger partial charge on any atom is 0.233 e. The van der Waals surface area contributed by atoms with Gasteiger partial charge in [-0.3, -0.25) is 0 Å². The Morgan fingerprint density at radius 1 is 1.50 bits per heavy atom. The topological polar surface area (TPSA) is 71.1 Å². The molecular weight excluding hydrogens is 210 g/mol. The van der Waals surface area contributed by atoms with E-state index in [-0.39, 0.29) is 6.61 Å². The summed E-state index contributed by atoms with van der Waals surface area (Å²) < 4.78 is 0. The molecule has 1 heterocycles. The third-order valence-corrected chi connectivity index (χ3v) is 2.81. The SMILES string of the molecule is CCCCO/N=[N+](\[O-])N1CCC(CO)CC1. The maximum absolute atomic E-state index is 11.4. The Bertz CT molecular complexity index is 215. The van der Waals surface area contributed by atoms with Gasteiger partial charge in [-0.05, 0) is 25.2 Å². The van der Waals surface area contributed by atoms with Crippen LogP contribution >= 0.6 is 0 Å². The molecule has 1 aliphatic heterocycles. The minimum atomic E-state index is 0.205. The first kappa shape index (κ1) is 13.0. The minimum absolute atomic E-state index is 0.205. The van der Waals surface area contributed by atoms with Gasteiger partial charge in [-0.15, -0.1) is 5.01 Å². The van der Waals surface area contributed by atoms with Crippen LogP contribution in [0, 0.1) is 11.1 Å². The normalized spacial score (nSPS) is 18.9. The molecule has 0 amide bonds. The largest absolute Gasteiger partial charge is 0.569 e. The van der Waals surface area contributed by atoms with Crippen molar-refractivity contribution in [2.75, 3.05) is 26.3 Å². The highest BCUT2D eigenvalue weighted by Gasteiger charge is 2.23. The lowest BCUT2D eigenvalue weighted by atomic mass is 9.99. The second-order valence-electron chi connectivity index (χ2n) is 4.10. The molecule has 1 saturated heterocycles. The van der Waals surface area contributed by atoms with E-state index in [4.69, 9.17) is 9.94 Å². The fourth-order valence-electron chi connectivity index (χ4n) is 1.62. The van der Waals surface area contributed by atoms with Crippen LogP contribution in [0.5, 0.6) is 0 Å². The number of hydrogen-bond acceptors (Lipinski definition) is 4. The van der Waals surface area contributed by atoms with Gasteiger partial charge in [-0.1, -0.05) is 13.3 Å². The van der Waals surface area contributed by atoms with E-state index in [1.807, 2.05) is 0 Å². The number of rotatable bonds is 6. The highest BCUT2D eigenvalue weighted by Crippen LogP contribution is 2.16. The number of nitrogens with zero attached hydrogens (tertiary/aromatic N) is 3. The molecule has 0 aromatic carbocycles. The van der Waals surface area contributed by atoms with Gasteiger partial charge in [0.15, 0.2) is 0 Å². The van der Waals surface area contributed by atoms with Gasteiger partial charge in [0.25, 0.3) is 0 Å². The van der Waals surface area contributed by atoms with Crippen LogP contribution in [0.3, 0.4) is 0 Å². The van der Waals surface area contributed by atoms with Crippen molar-refractivity contribution in [3.63, 3.8) is 0 Å². The van der Waals surface area contributed by atoms with Crippen molar-refractivity contribution in [2.45, 2.75) is 32.6 Å². The summed E-state index contributed by atoms with van der Waals surface area (Å²) in [5, 5.41) is 25.5. The smallest absolute Gasteiger partial charge is 0.233 e. The Hall–Kier alpha value is -1.04. The van der Waals surface area contributed by atoms with Crippen molar-refractivity contribution in [1.29, 1.82) is 0 Å². The molecule has 6 nitrogen and oxygen atoms in total. The molecule has 94 valence electrons. The van der Waals surface area contributed by atoms with Crippen molar-refractivity contribution in [1.82, 2.24) is 5.01 Å². The second kappa shape index (κ2) is 7.27. The Morgan fingerprint density at radius 3 is 2.75 bits per heavy atom. The van der Waals surface area contributed by atoms with Crippen molar-refractivity contribution in [2.24, 2.45) is 11.2 Å². The third-order valence-electron chi connectivity index (χ3n) is 2.81. The van der Waals surface area contributed by atoms with Crippen LogP contribution in [0.1, 0.15) is 32.6 Å². The van der Waals surface area contributed by atoms with Crippen molar-refractivity contribution >= 4 is 0 Å². The van der Waals surface area contributed by atoms with Crippen LogP contribution < -0.4 is 0 Å². The molecule has 0 aliphatic carbocycles. The van der Waals surface area contributed by atoms with E-state index in [0.29, 0.717) is 30.6 Å². The van der Waals surface area contributed by atoms with Crippen LogP contribution in [0.15, 0.2) is 5.28 Å². The van der Waals surface area contributed by atoms with E-state index in [1.54, 1.807) is 5.01 Å². The zero-order valence-corrected chi connectivity index (χ0v) is 9.84. The summed E-state index contributed by atoms with van der Waals surface area (Å²) in [5.74, 6) is 0.325. The molecular formula is C10H21N3O3. The van der Waals surface area contributed by atoms with Gasteiger partial charge in [0.2, 0.25) is 5.28 Å². The van der Waals surface area contributed by atoms with Crippen LogP contribution in [0.25, 0.3) is 0 Å². The van der Waals surface area contributed by atoms with Crippen molar-refractivity contribution < 1.29 is 14.9 Å². The molecule has 0 atom stereocenters. The van der Waals surface area contributed by atoms with E-state index in [0.717, 1.165) is 25.7 Å². The van der Waals surface area contributed by atoms with Gasteiger partial charge in [-0.2, -0.15) is 0 Å². The first-order valence-electron chi connectivity index (χ1n) is 5.93. The van der Waals surface area contributed by atoms with Gasteiger partial charge in [0.05, 0.1) is 18.1 Å². The molecule has 16 heavy (non-hydrogen) atoms. The Labute approximate surface area is 96.0 Å². The quantitative estimate of drug-likeness (QED) is 0.324. The Kier molecular flexibility index (Phi) is 5.92. The predicted octanol–water partition coefficient (Wildman–Crippen LogP) is 1.30. The maximum atomic E-state index is 11.4. The molecule has 1 aliphatic rings. The van der Waals surface area contributed by atoms with Gasteiger partial charge in [0, 0.05) is 6.61 Å². The number of aliphatic hydroxyl groups excluding tert-OH is 1. The summed E-state index contributed by atoms with van der Waals surface area (Å²) in [5.41, 5.74) is 0. The predicted molar refractivity (Wildman–Crippen MR) is 58.3 cm³/mol. The van der Waals surface area contributed by atoms with E-state index < -0.39 is 0 Å². The molecule has 0 saturated carbocycles. The van der Waals surface area contributed by atoms with E-state index >= 15 is 0 Å². The standard InChI is InChI=1S/C10H21N3O3/c1-2-3-8-16-11-13(15)12-6-4-10(9-14)5-7-12/h10,14H,2-9H2,1H3/b13-11-. The fourth-order valence-corrected chi connectivity index (χ4v) is 1.62. The van der Waals surface area contributed by atoms with Gasteiger partial charge in [-0.25, -0.2) is 0 Å². The Balaban J connectivity index is 2.23. The molecule has 0 unspecified atom stereocenters. The highest BCUT2D eigenvalue weighted by atomic mass is 16.7. The molecule has 0 spiro atoms. The lowest BCUT2D eigenvalue weighted by Crippen LogP contribution is -2.39. The number of unbranched alkanes of at least 4 members (excludes halogenated alkanes) is 1. The zero-order valence-electron chi connectivity index (χ0n) is 9.84. The summed E-state index contributed by atoms with van der Waals surface area (Å²) in [6.07, 6.45) is 3.60. The molecule has 1 rings (SSSR count). The van der Waals surface area contributed by atoms with Crippen molar-refractivity contribution in [3.05, 3.63) is 5.21 Å².